The maximum Gasteiger partial charge on any atom is 0.127 e. The lowest BCUT2D eigenvalue weighted by molar-refractivity contribution is 0.141. The molecule has 0 saturated carbocycles. The van der Waals surface area contributed by atoms with E-state index in [0.717, 1.165) is 31.3 Å². The number of aromatic nitrogens is 1. The summed E-state index contributed by atoms with van der Waals surface area (Å²) in [6.45, 7) is 8.51. The fourth-order valence-corrected chi connectivity index (χ4v) is 1.42. The third-order valence-electron chi connectivity index (χ3n) is 2.10. The smallest absolute Gasteiger partial charge is 0.127 e. The molecule has 0 spiro atoms. The molecule has 2 N–H and O–H groups in total. The van der Waals surface area contributed by atoms with Gasteiger partial charge in [-0.1, -0.05) is 0 Å². The van der Waals surface area contributed by atoms with Gasteiger partial charge in [0, 0.05) is 37.1 Å². The van der Waals surface area contributed by atoms with Crippen LogP contribution in [0.5, 0.6) is 0 Å². The van der Waals surface area contributed by atoms with E-state index in [2.05, 4.69) is 29.5 Å². The topological polar surface area (TPSA) is 46.2 Å². The number of hydrogen-bond donors (Lipinski definition) is 2. The highest BCUT2D eigenvalue weighted by Crippen LogP contribution is 2.12. The van der Waals surface area contributed by atoms with Crippen molar-refractivity contribution in [2.24, 2.45) is 0 Å². The first-order chi connectivity index (χ1) is 7.76. The van der Waals surface area contributed by atoms with Crippen molar-refractivity contribution in [3.8, 4) is 0 Å². The van der Waals surface area contributed by atoms with E-state index in [4.69, 9.17) is 4.74 Å². The van der Waals surface area contributed by atoms with E-state index in [-0.39, 0.29) is 0 Å². The van der Waals surface area contributed by atoms with Gasteiger partial charge in [0.1, 0.15) is 5.82 Å². The Kier molecular flexibility index (Phi) is 5.64. The van der Waals surface area contributed by atoms with Crippen LogP contribution < -0.4 is 10.6 Å². The number of pyridine rings is 1. The summed E-state index contributed by atoms with van der Waals surface area (Å²) in [7, 11) is 0. The molecular weight excluding hydrogens is 202 g/mol. The van der Waals surface area contributed by atoms with Gasteiger partial charge in [-0.15, -0.1) is 0 Å². The molecule has 1 rings (SSSR count). The van der Waals surface area contributed by atoms with Crippen LogP contribution >= 0.6 is 0 Å². The summed E-state index contributed by atoms with van der Waals surface area (Å²) < 4.78 is 5.35. The molecule has 0 aliphatic heterocycles. The first-order valence-corrected chi connectivity index (χ1v) is 5.80. The van der Waals surface area contributed by atoms with Gasteiger partial charge in [0.25, 0.3) is 0 Å². The molecular formula is C12H21N3O. The molecule has 0 amide bonds. The monoisotopic (exact) mass is 223 g/mol. The van der Waals surface area contributed by atoms with E-state index in [1.807, 2.05) is 19.1 Å². The van der Waals surface area contributed by atoms with Crippen LogP contribution in [0.2, 0.25) is 0 Å². The Bertz CT molecular complexity index is 304. The Labute approximate surface area is 97.4 Å². The summed E-state index contributed by atoms with van der Waals surface area (Å²) in [6.07, 6.45) is 1.80. The van der Waals surface area contributed by atoms with Crippen LogP contribution in [0, 0.1) is 0 Å². The van der Waals surface area contributed by atoms with E-state index < -0.39 is 0 Å². The molecule has 90 valence electrons. The van der Waals surface area contributed by atoms with Crippen LogP contribution in [0.15, 0.2) is 18.3 Å². The largest absolute Gasteiger partial charge is 0.380 e. The van der Waals surface area contributed by atoms with Gasteiger partial charge in [0.15, 0.2) is 0 Å². The Balaban J connectivity index is 2.49. The molecule has 4 nitrogen and oxygen atoms in total. The van der Waals surface area contributed by atoms with Gasteiger partial charge >= 0.3 is 0 Å². The Hall–Kier alpha value is -1.29. The van der Waals surface area contributed by atoms with Crippen molar-refractivity contribution in [3.05, 3.63) is 18.3 Å². The first kappa shape index (κ1) is 12.8. The van der Waals surface area contributed by atoms with Crippen molar-refractivity contribution in [2.75, 3.05) is 30.4 Å². The zero-order valence-electron chi connectivity index (χ0n) is 10.3. The molecule has 1 aromatic rings. The van der Waals surface area contributed by atoms with Gasteiger partial charge in [0.05, 0.1) is 6.61 Å². The summed E-state index contributed by atoms with van der Waals surface area (Å²) in [5, 5.41) is 6.55. The number of nitrogens with one attached hydrogen (secondary N) is 2. The molecule has 0 aromatic carbocycles. The number of nitrogens with zero attached hydrogens (tertiary/aromatic N) is 1. The van der Waals surface area contributed by atoms with E-state index in [1.54, 1.807) is 6.20 Å². The Morgan fingerprint density at radius 3 is 2.94 bits per heavy atom. The molecule has 16 heavy (non-hydrogen) atoms. The molecule has 1 atom stereocenters. The lowest BCUT2D eigenvalue weighted by atomic mass is 10.3. The molecule has 1 heterocycles. The molecule has 4 heteroatoms. The normalized spacial score (nSPS) is 12.2. The molecule has 1 aromatic heterocycles. The highest BCUT2D eigenvalue weighted by molar-refractivity contribution is 5.52. The second-order valence-electron chi connectivity index (χ2n) is 3.66. The van der Waals surface area contributed by atoms with Crippen LogP contribution in [-0.2, 0) is 4.74 Å². The van der Waals surface area contributed by atoms with Crippen LogP contribution in [0.4, 0.5) is 11.5 Å². The molecule has 1 unspecified atom stereocenters. The first-order valence-electron chi connectivity index (χ1n) is 5.80. The van der Waals surface area contributed by atoms with Crippen molar-refractivity contribution < 1.29 is 4.74 Å². The molecule has 0 aliphatic carbocycles. The molecule has 0 aliphatic rings. The van der Waals surface area contributed by atoms with E-state index >= 15 is 0 Å². The second kappa shape index (κ2) is 7.06. The van der Waals surface area contributed by atoms with Gasteiger partial charge in [-0.05, 0) is 26.8 Å². The minimum atomic E-state index is 0.303. The average Bonchev–Trinajstić information content (AvgIpc) is 2.27. The SMILES string of the molecule is CCNc1cc(NC(C)COCC)ccn1. The Morgan fingerprint density at radius 1 is 1.44 bits per heavy atom. The second-order valence-corrected chi connectivity index (χ2v) is 3.66. The number of ether oxygens (including phenoxy) is 1. The number of hydrogen-bond acceptors (Lipinski definition) is 4. The summed E-state index contributed by atoms with van der Waals surface area (Å²) in [5.74, 6) is 0.899. The fraction of sp³-hybridized carbons (Fsp3) is 0.583. The minimum absolute atomic E-state index is 0.303. The molecule has 0 fully saturated rings. The average molecular weight is 223 g/mol. The van der Waals surface area contributed by atoms with Crippen LogP contribution in [-0.4, -0.2) is 30.8 Å². The lowest BCUT2D eigenvalue weighted by Gasteiger charge is -2.15. The van der Waals surface area contributed by atoms with Crippen molar-refractivity contribution in [1.82, 2.24) is 4.98 Å². The van der Waals surface area contributed by atoms with E-state index in [1.165, 1.54) is 0 Å². The third kappa shape index (κ3) is 4.49. The van der Waals surface area contributed by atoms with Gasteiger partial charge in [0.2, 0.25) is 0 Å². The van der Waals surface area contributed by atoms with Crippen molar-refractivity contribution in [3.63, 3.8) is 0 Å². The van der Waals surface area contributed by atoms with Gasteiger partial charge in [-0.2, -0.15) is 0 Å². The summed E-state index contributed by atoms with van der Waals surface area (Å²) in [6, 6.07) is 4.27. The molecule has 0 radical (unpaired) electrons. The zero-order valence-corrected chi connectivity index (χ0v) is 10.3. The van der Waals surface area contributed by atoms with Gasteiger partial charge < -0.3 is 15.4 Å². The fourth-order valence-electron chi connectivity index (χ4n) is 1.42. The highest BCUT2D eigenvalue weighted by Gasteiger charge is 2.02. The van der Waals surface area contributed by atoms with Crippen LogP contribution in [0.25, 0.3) is 0 Å². The van der Waals surface area contributed by atoms with Gasteiger partial charge in [-0.3, -0.25) is 0 Å². The number of rotatable bonds is 7. The standard InChI is InChI=1S/C12H21N3O/c1-4-13-12-8-11(6-7-14-12)15-10(3)9-16-5-2/h6-8,10H,4-5,9H2,1-3H3,(H2,13,14,15). The summed E-state index contributed by atoms with van der Waals surface area (Å²) >= 11 is 0. The van der Waals surface area contributed by atoms with E-state index in [9.17, 15) is 0 Å². The maximum absolute atomic E-state index is 5.35. The van der Waals surface area contributed by atoms with Crippen LogP contribution in [0.1, 0.15) is 20.8 Å². The predicted octanol–water partition coefficient (Wildman–Crippen LogP) is 2.35. The summed E-state index contributed by atoms with van der Waals surface area (Å²) in [4.78, 5) is 4.22. The molecule has 0 saturated heterocycles. The van der Waals surface area contributed by atoms with Crippen molar-refractivity contribution in [1.29, 1.82) is 0 Å². The predicted molar refractivity (Wildman–Crippen MR) is 68.0 cm³/mol. The van der Waals surface area contributed by atoms with Crippen LogP contribution in [0.3, 0.4) is 0 Å². The lowest BCUT2D eigenvalue weighted by Crippen LogP contribution is -2.21. The van der Waals surface area contributed by atoms with Crippen molar-refractivity contribution in [2.45, 2.75) is 26.8 Å². The van der Waals surface area contributed by atoms with E-state index in [0.29, 0.717) is 6.04 Å². The molecule has 0 bridgehead atoms. The van der Waals surface area contributed by atoms with Gasteiger partial charge in [-0.25, -0.2) is 4.98 Å². The zero-order chi connectivity index (χ0) is 11.8. The number of anilines is 2. The quantitative estimate of drug-likeness (QED) is 0.745. The van der Waals surface area contributed by atoms with Crippen molar-refractivity contribution >= 4 is 11.5 Å². The maximum atomic E-state index is 5.35. The third-order valence-corrected chi connectivity index (χ3v) is 2.10. The Morgan fingerprint density at radius 2 is 2.25 bits per heavy atom. The highest BCUT2D eigenvalue weighted by atomic mass is 16.5. The summed E-state index contributed by atoms with van der Waals surface area (Å²) in [5.41, 5.74) is 1.07. The minimum Gasteiger partial charge on any atom is -0.380 e.